The van der Waals surface area contributed by atoms with Crippen molar-refractivity contribution >= 4 is 29.8 Å². The van der Waals surface area contributed by atoms with E-state index in [-0.39, 0.29) is 0 Å². The molecule has 0 unspecified atom stereocenters. The van der Waals surface area contributed by atoms with Gasteiger partial charge in [0.05, 0.1) is 5.69 Å². The summed E-state index contributed by atoms with van der Waals surface area (Å²) in [6.45, 7) is 0.506. The second kappa shape index (κ2) is 7.05. The maximum absolute atomic E-state index is 10.4. The van der Waals surface area contributed by atoms with Crippen LogP contribution in [0.5, 0.6) is 0 Å². The molecule has 6 nitrogen and oxygen atoms in total. The normalized spacial score (nSPS) is 10.3. The molecule has 0 aliphatic rings. The lowest BCUT2D eigenvalue weighted by Gasteiger charge is -2.10. The van der Waals surface area contributed by atoms with Gasteiger partial charge in [0, 0.05) is 32.3 Å². The Morgan fingerprint density at radius 3 is 2.94 bits per heavy atom. The van der Waals surface area contributed by atoms with Gasteiger partial charge in [-0.25, -0.2) is 9.78 Å². The summed E-state index contributed by atoms with van der Waals surface area (Å²) in [5.41, 5.74) is 1.40. The van der Waals surface area contributed by atoms with Crippen LogP contribution < -0.4 is 10.6 Å². The Morgan fingerprint density at radius 2 is 2.33 bits per heavy atom. The summed E-state index contributed by atoms with van der Waals surface area (Å²) in [5.74, 6) is -0.364. The molecule has 1 aromatic heterocycles. The smallest absolute Gasteiger partial charge is 0.328 e. The lowest BCUT2D eigenvalue weighted by Crippen LogP contribution is -2.06. The van der Waals surface area contributed by atoms with Crippen LogP contribution in [-0.2, 0) is 9.59 Å². The van der Waals surface area contributed by atoms with Crippen molar-refractivity contribution in [1.29, 1.82) is 0 Å². The van der Waals surface area contributed by atoms with Gasteiger partial charge in [-0.15, -0.1) is 0 Å². The van der Waals surface area contributed by atoms with Crippen molar-refractivity contribution in [2.24, 2.45) is 0 Å². The van der Waals surface area contributed by atoms with Crippen molar-refractivity contribution in [2.45, 2.75) is 6.42 Å². The molecule has 6 heteroatoms. The Hall–Kier alpha value is -2.37. The van der Waals surface area contributed by atoms with Gasteiger partial charge < -0.3 is 20.5 Å². The highest BCUT2D eigenvalue weighted by atomic mass is 16.4. The molecule has 1 aromatic rings. The molecular weight excluding hydrogens is 234 g/mol. The van der Waals surface area contributed by atoms with Gasteiger partial charge in [-0.2, -0.15) is 0 Å². The predicted molar refractivity (Wildman–Crippen MR) is 69.6 cm³/mol. The highest BCUT2D eigenvalue weighted by Crippen LogP contribution is 2.20. The molecule has 0 aliphatic heterocycles. The highest BCUT2D eigenvalue weighted by Gasteiger charge is 2.02. The Labute approximate surface area is 105 Å². The topological polar surface area (TPSA) is 91.3 Å². The second-order valence-electron chi connectivity index (χ2n) is 3.47. The third kappa shape index (κ3) is 4.25. The SMILES string of the molecule is CNc1ncc(/C=C/C(=O)O)cc1NCCC=O. The Morgan fingerprint density at radius 1 is 1.56 bits per heavy atom. The van der Waals surface area contributed by atoms with Gasteiger partial charge in [-0.3, -0.25) is 0 Å². The van der Waals surface area contributed by atoms with Crippen molar-refractivity contribution in [1.82, 2.24) is 4.98 Å². The maximum atomic E-state index is 10.4. The molecular formula is C12H15N3O3. The van der Waals surface area contributed by atoms with E-state index in [4.69, 9.17) is 5.11 Å². The number of nitrogens with zero attached hydrogens (tertiary/aromatic N) is 1. The second-order valence-corrected chi connectivity index (χ2v) is 3.47. The van der Waals surface area contributed by atoms with Gasteiger partial charge >= 0.3 is 5.97 Å². The van der Waals surface area contributed by atoms with E-state index >= 15 is 0 Å². The van der Waals surface area contributed by atoms with E-state index in [2.05, 4.69) is 15.6 Å². The van der Waals surface area contributed by atoms with Crippen LogP contribution in [0.4, 0.5) is 11.5 Å². The van der Waals surface area contributed by atoms with Gasteiger partial charge in [0.15, 0.2) is 0 Å². The average Bonchev–Trinajstić information content (AvgIpc) is 2.37. The average molecular weight is 249 g/mol. The standard InChI is InChI=1S/C12H15N3O3/c1-13-12-10(14-5-2-6-16)7-9(8-15-12)3-4-11(17)18/h3-4,6-8,14H,2,5H2,1H3,(H,13,15)(H,17,18)/b4-3+. The van der Waals surface area contributed by atoms with Crippen LogP contribution in [0.25, 0.3) is 6.08 Å². The summed E-state index contributed by atoms with van der Waals surface area (Å²) in [6, 6.07) is 1.77. The van der Waals surface area contributed by atoms with Crippen molar-refractivity contribution in [3.63, 3.8) is 0 Å². The van der Waals surface area contributed by atoms with Crippen molar-refractivity contribution in [3.05, 3.63) is 23.9 Å². The maximum Gasteiger partial charge on any atom is 0.328 e. The van der Waals surface area contributed by atoms with Crippen LogP contribution in [0, 0.1) is 0 Å². The van der Waals surface area contributed by atoms with Gasteiger partial charge in [-0.05, 0) is 17.7 Å². The lowest BCUT2D eigenvalue weighted by atomic mass is 10.2. The molecule has 96 valence electrons. The Kier molecular flexibility index (Phi) is 5.37. The minimum Gasteiger partial charge on any atom is -0.478 e. The molecule has 0 saturated carbocycles. The molecule has 3 N–H and O–H groups in total. The molecule has 0 spiro atoms. The molecule has 0 fully saturated rings. The van der Waals surface area contributed by atoms with Crippen molar-refractivity contribution in [3.8, 4) is 0 Å². The number of aliphatic carboxylic acids is 1. The zero-order chi connectivity index (χ0) is 13.4. The fourth-order valence-electron chi connectivity index (χ4n) is 1.34. The summed E-state index contributed by atoms with van der Waals surface area (Å²) >= 11 is 0. The summed E-state index contributed by atoms with van der Waals surface area (Å²) in [4.78, 5) is 24.8. The number of hydrogen-bond acceptors (Lipinski definition) is 5. The predicted octanol–water partition coefficient (Wildman–Crippen LogP) is 1.22. The van der Waals surface area contributed by atoms with Crippen LogP contribution in [0.2, 0.25) is 0 Å². The first-order valence-corrected chi connectivity index (χ1v) is 5.43. The molecule has 1 heterocycles. The van der Waals surface area contributed by atoms with E-state index in [1.165, 1.54) is 6.08 Å². The summed E-state index contributed by atoms with van der Waals surface area (Å²) in [6.07, 6.45) is 5.30. The van der Waals surface area contributed by atoms with Crippen molar-refractivity contribution < 1.29 is 14.7 Å². The molecule has 0 radical (unpaired) electrons. The number of carboxylic acids is 1. The first-order chi connectivity index (χ1) is 8.67. The quantitative estimate of drug-likeness (QED) is 0.382. The number of aldehydes is 1. The fraction of sp³-hybridized carbons (Fsp3) is 0.250. The number of anilines is 2. The van der Waals surface area contributed by atoms with Crippen molar-refractivity contribution in [2.75, 3.05) is 24.2 Å². The zero-order valence-corrected chi connectivity index (χ0v) is 10.0. The Balaban J connectivity index is 2.86. The van der Waals surface area contributed by atoms with E-state index in [1.807, 2.05) is 0 Å². The number of carboxylic acid groups (broad SMARTS) is 1. The number of aromatic nitrogens is 1. The molecule has 0 saturated heterocycles. The van der Waals surface area contributed by atoms with Crippen LogP contribution >= 0.6 is 0 Å². The third-order valence-corrected chi connectivity index (χ3v) is 2.14. The Bertz CT molecular complexity index is 458. The zero-order valence-electron chi connectivity index (χ0n) is 10.0. The largest absolute Gasteiger partial charge is 0.478 e. The van der Waals surface area contributed by atoms with E-state index < -0.39 is 5.97 Å². The first kappa shape index (κ1) is 13.7. The van der Waals surface area contributed by atoms with Crippen LogP contribution in [0.3, 0.4) is 0 Å². The number of pyridine rings is 1. The minimum atomic E-state index is -1.01. The number of rotatable bonds is 7. The van der Waals surface area contributed by atoms with E-state index in [0.717, 1.165) is 18.0 Å². The van der Waals surface area contributed by atoms with Crippen LogP contribution in [-0.4, -0.2) is 35.9 Å². The molecule has 0 atom stereocenters. The van der Waals surface area contributed by atoms with Crippen LogP contribution in [0.15, 0.2) is 18.3 Å². The molecule has 18 heavy (non-hydrogen) atoms. The minimum absolute atomic E-state index is 0.401. The number of carbonyl (C=O) groups is 2. The third-order valence-electron chi connectivity index (χ3n) is 2.14. The number of carbonyl (C=O) groups excluding carboxylic acids is 1. The summed E-state index contributed by atoms with van der Waals surface area (Å²) in [7, 11) is 1.74. The lowest BCUT2D eigenvalue weighted by molar-refractivity contribution is -0.131. The van der Waals surface area contributed by atoms with Crippen LogP contribution in [0.1, 0.15) is 12.0 Å². The number of nitrogens with one attached hydrogen (secondary N) is 2. The van der Waals surface area contributed by atoms with Gasteiger partial charge in [0.1, 0.15) is 12.1 Å². The van der Waals surface area contributed by atoms with Gasteiger partial charge in [-0.1, -0.05) is 0 Å². The molecule has 0 aromatic carbocycles. The van der Waals surface area contributed by atoms with Gasteiger partial charge in [0.25, 0.3) is 0 Å². The molecule has 1 rings (SSSR count). The van der Waals surface area contributed by atoms with E-state index in [0.29, 0.717) is 24.3 Å². The summed E-state index contributed by atoms with van der Waals surface area (Å²) in [5, 5.41) is 14.5. The molecule has 0 bridgehead atoms. The van der Waals surface area contributed by atoms with E-state index in [9.17, 15) is 9.59 Å². The number of hydrogen-bond donors (Lipinski definition) is 3. The van der Waals surface area contributed by atoms with Gasteiger partial charge in [0.2, 0.25) is 0 Å². The molecule has 0 aliphatic carbocycles. The molecule has 0 amide bonds. The highest BCUT2D eigenvalue weighted by molar-refractivity contribution is 5.85. The first-order valence-electron chi connectivity index (χ1n) is 5.43. The fourth-order valence-corrected chi connectivity index (χ4v) is 1.34. The van der Waals surface area contributed by atoms with E-state index in [1.54, 1.807) is 19.3 Å². The summed E-state index contributed by atoms with van der Waals surface area (Å²) < 4.78 is 0. The monoisotopic (exact) mass is 249 g/mol.